The summed E-state index contributed by atoms with van der Waals surface area (Å²) in [4.78, 5) is 11.8. The largest absolute Gasteiger partial charge is 0.385 e. The lowest BCUT2D eigenvalue weighted by atomic mass is 9.83. The van der Waals surface area contributed by atoms with Gasteiger partial charge in [-0.3, -0.25) is 0 Å². The van der Waals surface area contributed by atoms with Crippen LogP contribution in [0.4, 0.5) is 11.6 Å². The van der Waals surface area contributed by atoms with Crippen molar-refractivity contribution < 1.29 is 9.37 Å². The highest BCUT2D eigenvalue weighted by molar-refractivity contribution is 5.73. The third-order valence-corrected chi connectivity index (χ3v) is 5.69. The summed E-state index contributed by atoms with van der Waals surface area (Å²) in [6.07, 6.45) is 7.45. The second-order valence-corrected chi connectivity index (χ2v) is 7.49. The van der Waals surface area contributed by atoms with Crippen LogP contribution in [0, 0.1) is 5.92 Å². The van der Waals surface area contributed by atoms with E-state index in [1.54, 1.807) is 7.11 Å². The predicted octanol–water partition coefficient (Wildman–Crippen LogP) is 2.14. The Morgan fingerprint density at radius 2 is 1.81 bits per heavy atom. The lowest BCUT2D eigenvalue weighted by Gasteiger charge is -2.44. The van der Waals surface area contributed by atoms with E-state index in [4.69, 9.17) is 9.37 Å². The van der Waals surface area contributed by atoms with E-state index in [1.165, 1.54) is 45.2 Å². The molecule has 0 bridgehead atoms. The number of nitrogens with one attached hydrogen (secondary N) is 2. The summed E-state index contributed by atoms with van der Waals surface area (Å²) < 4.78 is 9.89. The fourth-order valence-electron chi connectivity index (χ4n) is 4.35. The van der Waals surface area contributed by atoms with E-state index in [2.05, 4.69) is 35.8 Å². The van der Waals surface area contributed by atoms with Gasteiger partial charge in [-0.1, -0.05) is 6.42 Å². The number of piperidine rings is 2. The number of methoxy groups -OCH3 is 1. The van der Waals surface area contributed by atoms with Crippen LogP contribution in [0.15, 0.2) is 4.63 Å². The molecule has 4 heterocycles. The molecule has 0 spiro atoms. The molecule has 0 amide bonds. The van der Waals surface area contributed by atoms with E-state index in [0.717, 1.165) is 25.3 Å². The zero-order valence-electron chi connectivity index (χ0n) is 16.0. The van der Waals surface area contributed by atoms with Gasteiger partial charge in [0.1, 0.15) is 0 Å². The monoisotopic (exact) mass is 375 g/mol. The first-order chi connectivity index (χ1) is 13.3. The summed E-state index contributed by atoms with van der Waals surface area (Å²) in [5, 5.41) is 14.5. The minimum atomic E-state index is 0.422. The lowest BCUT2D eigenvalue weighted by Crippen LogP contribution is -2.49. The summed E-state index contributed by atoms with van der Waals surface area (Å²) >= 11 is 0. The summed E-state index contributed by atoms with van der Waals surface area (Å²) in [5.74, 6) is 2.07. The van der Waals surface area contributed by atoms with Gasteiger partial charge in [0.05, 0.1) is 0 Å². The van der Waals surface area contributed by atoms with Gasteiger partial charge in [-0.25, -0.2) is 14.6 Å². The van der Waals surface area contributed by atoms with Gasteiger partial charge in [0.15, 0.2) is 11.6 Å². The van der Waals surface area contributed by atoms with Gasteiger partial charge >= 0.3 is 0 Å². The summed E-state index contributed by atoms with van der Waals surface area (Å²) in [6, 6.07) is 0.698. The van der Waals surface area contributed by atoms with Crippen LogP contribution in [0.2, 0.25) is 0 Å². The lowest BCUT2D eigenvalue weighted by molar-refractivity contribution is 0.0649. The highest BCUT2D eigenvalue weighted by Gasteiger charge is 2.32. The molecule has 9 nitrogen and oxygen atoms in total. The first-order valence-corrected chi connectivity index (χ1v) is 10.1. The number of anilines is 2. The first kappa shape index (κ1) is 18.4. The smallest absolute Gasteiger partial charge is 0.245 e. The van der Waals surface area contributed by atoms with E-state index in [9.17, 15) is 0 Å². The van der Waals surface area contributed by atoms with Crippen molar-refractivity contribution >= 4 is 22.9 Å². The molecule has 4 rings (SSSR count). The molecule has 2 aromatic rings. The fourth-order valence-corrected chi connectivity index (χ4v) is 4.35. The van der Waals surface area contributed by atoms with Gasteiger partial charge in [-0.05, 0) is 61.4 Å². The van der Waals surface area contributed by atoms with E-state index < -0.39 is 0 Å². The van der Waals surface area contributed by atoms with Crippen LogP contribution in [0.1, 0.15) is 38.5 Å². The van der Waals surface area contributed by atoms with Crippen LogP contribution >= 0.6 is 0 Å². The van der Waals surface area contributed by atoms with Crippen molar-refractivity contribution in [3.63, 3.8) is 0 Å². The van der Waals surface area contributed by atoms with E-state index >= 15 is 0 Å². The number of hydrogen-bond acceptors (Lipinski definition) is 9. The van der Waals surface area contributed by atoms with Crippen molar-refractivity contribution in [3.05, 3.63) is 0 Å². The molecule has 2 atom stereocenters. The fraction of sp³-hybridized carbons (Fsp3) is 0.778. The molecule has 2 aliphatic rings. The third-order valence-electron chi connectivity index (χ3n) is 5.69. The second kappa shape index (κ2) is 8.79. The van der Waals surface area contributed by atoms with E-state index in [-0.39, 0.29) is 0 Å². The number of fused-ring (bicyclic) bond motifs is 2. The molecule has 2 N–H and O–H groups in total. The molecular weight excluding hydrogens is 346 g/mol. The molecule has 2 aliphatic heterocycles. The number of ether oxygens (including phenoxy) is 1. The Kier molecular flexibility index (Phi) is 5.98. The normalized spacial score (nSPS) is 23.3. The Bertz CT molecular complexity index is 736. The maximum Gasteiger partial charge on any atom is 0.245 e. The van der Waals surface area contributed by atoms with Crippen LogP contribution in [0.25, 0.3) is 11.3 Å². The molecule has 2 aromatic heterocycles. The van der Waals surface area contributed by atoms with Crippen LogP contribution in [0.3, 0.4) is 0 Å². The molecule has 0 unspecified atom stereocenters. The van der Waals surface area contributed by atoms with Crippen molar-refractivity contribution in [3.8, 4) is 0 Å². The van der Waals surface area contributed by atoms with Gasteiger partial charge in [0.25, 0.3) is 0 Å². The van der Waals surface area contributed by atoms with Gasteiger partial charge < -0.3 is 20.3 Å². The summed E-state index contributed by atoms with van der Waals surface area (Å²) in [6.45, 7) is 4.87. The van der Waals surface area contributed by atoms with Gasteiger partial charge in [-0.2, -0.15) is 0 Å². The van der Waals surface area contributed by atoms with Crippen molar-refractivity contribution in [2.24, 2.45) is 5.92 Å². The number of rotatable bonds is 8. The zero-order chi connectivity index (χ0) is 18.5. The Labute approximate surface area is 159 Å². The standard InChI is InChI=1S/C18H29N7O2/c1-26-11-5-8-19-15-16(22-18-17(21-15)23-27-24-18)20-12-13-6-4-10-25-9-3-2-7-14(13)25/h13-14H,2-12H2,1H3,(H,19,21,23)(H,20,22,24)/t13-,14+/m0/s1. The van der Waals surface area contributed by atoms with Gasteiger partial charge in [0.2, 0.25) is 11.3 Å². The average molecular weight is 375 g/mol. The summed E-state index contributed by atoms with van der Waals surface area (Å²) in [5.41, 5.74) is 0.855. The molecule has 9 heteroatoms. The molecule has 2 fully saturated rings. The topological polar surface area (TPSA) is 101 Å². The molecular formula is C18H29N7O2. The molecule has 0 aromatic carbocycles. The number of hydrogen-bond donors (Lipinski definition) is 2. The Morgan fingerprint density at radius 1 is 1.04 bits per heavy atom. The first-order valence-electron chi connectivity index (χ1n) is 10.1. The number of nitrogens with zero attached hydrogens (tertiary/aromatic N) is 5. The highest BCUT2D eigenvalue weighted by Crippen LogP contribution is 2.31. The van der Waals surface area contributed by atoms with E-state index in [1.807, 2.05) is 0 Å². The van der Waals surface area contributed by atoms with E-state index in [0.29, 0.717) is 35.7 Å². The maximum absolute atomic E-state index is 5.11. The minimum Gasteiger partial charge on any atom is -0.385 e. The molecule has 0 saturated carbocycles. The Hall–Kier alpha value is -2.00. The van der Waals surface area contributed by atoms with Crippen LogP contribution in [0.5, 0.6) is 0 Å². The number of aromatic nitrogens is 4. The average Bonchev–Trinajstić information content (AvgIpc) is 3.16. The van der Waals surface area contributed by atoms with Crippen molar-refractivity contribution in [2.45, 2.75) is 44.6 Å². The quantitative estimate of drug-likeness (QED) is 0.672. The Morgan fingerprint density at radius 3 is 2.63 bits per heavy atom. The zero-order valence-corrected chi connectivity index (χ0v) is 16.0. The summed E-state index contributed by atoms with van der Waals surface area (Å²) in [7, 11) is 1.71. The van der Waals surface area contributed by atoms with Crippen LogP contribution < -0.4 is 10.6 Å². The predicted molar refractivity (Wildman–Crippen MR) is 103 cm³/mol. The second-order valence-electron chi connectivity index (χ2n) is 7.49. The van der Waals surface area contributed by atoms with Crippen LogP contribution in [-0.4, -0.2) is 71.1 Å². The molecule has 2 saturated heterocycles. The van der Waals surface area contributed by atoms with Crippen molar-refractivity contribution in [2.75, 3.05) is 50.5 Å². The Balaban J connectivity index is 1.44. The van der Waals surface area contributed by atoms with Gasteiger partial charge in [-0.15, -0.1) is 0 Å². The highest BCUT2D eigenvalue weighted by atomic mass is 16.6. The van der Waals surface area contributed by atoms with Gasteiger partial charge in [0, 0.05) is 32.8 Å². The molecule has 0 radical (unpaired) electrons. The SMILES string of the molecule is COCCCNc1nc2nonc2nc1NC[C@@H]1CCCN2CCCC[C@H]12. The molecule has 27 heavy (non-hydrogen) atoms. The molecule has 148 valence electrons. The van der Waals surface area contributed by atoms with Crippen LogP contribution in [-0.2, 0) is 4.74 Å². The third kappa shape index (κ3) is 4.30. The minimum absolute atomic E-state index is 0.422. The van der Waals surface area contributed by atoms with Crippen molar-refractivity contribution in [1.82, 2.24) is 25.2 Å². The molecule has 0 aliphatic carbocycles. The maximum atomic E-state index is 5.11. The van der Waals surface area contributed by atoms with Crippen molar-refractivity contribution in [1.29, 1.82) is 0 Å².